The van der Waals surface area contributed by atoms with Crippen LogP contribution in [0.1, 0.15) is 22.5 Å². The van der Waals surface area contributed by atoms with Crippen molar-refractivity contribution in [2.45, 2.75) is 18.9 Å². The summed E-state index contributed by atoms with van der Waals surface area (Å²) in [5.74, 6) is 1.10. The van der Waals surface area contributed by atoms with E-state index < -0.39 is 0 Å². The van der Waals surface area contributed by atoms with Crippen molar-refractivity contribution in [2.24, 2.45) is 0 Å². The van der Waals surface area contributed by atoms with E-state index in [-0.39, 0.29) is 30.4 Å². The van der Waals surface area contributed by atoms with E-state index in [1.807, 2.05) is 54.6 Å². The number of nitrogens with zero attached hydrogens (tertiary/aromatic N) is 3. The molecular formula is C29H28N6O4S. The van der Waals surface area contributed by atoms with Gasteiger partial charge >= 0.3 is 6.03 Å². The predicted octanol–water partition coefficient (Wildman–Crippen LogP) is 4.71. The fraction of sp³-hybridized carbons (Fsp3) is 0.241. The van der Waals surface area contributed by atoms with Gasteiger partial charge in [0.15, 0.2) is 0 Å². The monoisotopic (exact) mass is 556 g/mol. The number of carbonyl (C=O) groups excluding carboxylic acids is 3. The highest BCUT2D eigenvalue weighted by molar-refractivity contribution is 7.21. The van der Waals surface area contributed by atoms with Crippen molar-refractivity contribution in [1.29, 1.82) is 0 Å². The highest BCUT2D eigenvalue weighted by Crippen LogP contribution is 2.45. The number of urea groups is 1. The quantitative estimate of drug-likeness (QED) is 0.304. The Balaban J connectivity index is 1.24. The molecule has 6 rings (SSSR count). The zero-order valence-electron chi connectivity index (χ0n) is 21.8. The van der Waals surface area contributed by atoms with Gasteiger partial charge in [-0.1, -0.05) is 18.2 Å². The summed E-state index contributed by atoms with van der Waals surface area (Å²) in [5.41, 5.74) is 1.77. The first-order chi connectivity index (χ1) is 19.5. The summed E-state index contributed by atoms with van der Waals surface area (Å²) in [6.07, 6.45) is 3.24. The molecule has 1 fully saturated rings. The molecule has 1 unspecified atom stereocenters. The van der Waals surface area contributed by atoms with Crippen molar-refractivity contribution in [3.05, 3.63) is 71.7 Å². The standard InChI is InChI=1S/C29H28N6O4S/c1-30-16-23(36)34-15-5-6-18(17-34)32-27(37)26-25-24-22(13-14-31-28(24)40-26)35(29(38)33-25)19-9-11-21(12-10-19)39-20-7-3-2-4-8-20/h2-4,7-14,18,30H,5-6,15-17H2,1H3,(H,32,37)(H,33,38). The molecule has 1 atom stereocenters. The fourth-order valence-corrected chi connectivity index (χ4v) is 6.15. The number of piperidine rings is 1. The minimum Gasteiger partial charge on any atom is -0.457 e. The summed E-state index contributed by atoms with van der Waals surface area (Å²) >= 11 is 1.24. The molecule has 204 valence electrons. The number of anilines is 3. The molecule has 2 aliphatic heterocycles. The maximum absolute atomic E-state index is 13.4. The number of ether oxygens (including phenoxy) is 1. The van der Waals surface area contributed by atoms with Gasteiger partial charge in [0.25, 0.3) is 5.91 Å². The maximum atomic E-state index is 13.4. The highest BCUT2D eigenvalue weighted by Gasteiger charge is 2.34. The average molecular weight is 557 g/mol. The lowest BCUT2D eigenvalue weighted by atomic mass is 10.1. The molecule has 1 saturated heterocycles. The Hall–Kier alpha value is -4.48. The van der Waals surface area contributed by atoms with Crippen LogP contribution in [0.25, 0.3) is 10.2 Å². The van der Waals surface area contributed by atoms with Crippen LogP contribution in [0.3, 0.4) is 0 Å². The van der Waals surface area contributed by atoms with Crippen LogP contribution >= 0.6 is 11.3 Å². The van der Waals surface area contributed by atoms with Crippen LogP contribution in [0.2, 0.25) is 0 Å². The molecule has 2 aliphatic rings. The number of aromatic nitrogens is 1. The topological polar surface area (TPSA) is 116 Å². The van der Waals surface area contributed by atoms with Gasteiger partial charge in [0, 0.05) is 25.3 Å². The van der Waals surface area contributed by atoms with Gasteiger partial charge in [-0.2, -0.15) is 0 Å². The number of nitrogens with one attached hydrogen (secondary N) is 3. The lowest BCUT2D eigenvalue weighted by Gasteiger charge is -2.33. The third-order valence-corrected chi connectivity index (χ3v) is 8.06. The molecule has 0 spiro atoms. The average Bonchev–Trinajstić information content (AvgIpc) is 3.34. The Labute approximate surface area is 234 Å². The first-order valence-corrected chi connectivity index (χ1v) is 13.9. The van der Waals surface area contributed by atoms with Gasteiger partial charge in [-0.15, -0.1) is 11.3 Å². The first-order valence-electron chi connectivity index (χ1n) is 13.1. The van der Waals surface area contributed by atoms with Crippen molar-refractivity contribution in [2.75, 3.05) is 36.9 Å². The summed E-state index contributed by atoms with van der Waals surface area (Å²) in [6.45, 7) is 1.40. The molecule has 4 heterocycles. The Morgan fingerprint density at radius 1 is 1.10 bits per heavy atom. The first kappa shape index (κ1) is 25.8. The molecule has 0 saturated carbocycles. The second-order valence-corrected chi connectivity index (χ2v) is 10.7. The van der Waals surface area contributed by atoms with Gasteiger partial charge < -0.3 is 25.6 Å². The molecule has 3 N–H and O–H groups in total. The fourth-order valence-electron chi connectivity index (χ4n) is 5.12. The zero-order valence-corrected chi connectivity index (χ0v) is 22.7. The smallest absolute Gasteiger partial charge is 0.331 e. The summed E-state index contributed by atoms with van der Waals surface area (Å²) < 4.78 is 5.89. The Kier molecular flexibility index (Phi) is 7.06. The van der Waals surface area contributed by atoms with Gasteiger partial charge in [-0.05, 0) is 62.4 Å². The molecule has 0 aliphatic carbocycles. The summed E-state index contributed by atoms with van der Waals surface area (Å²) in [7, 11) is 1.74. The van der Waals surface area contributed by atoms with Crippen molar-refractivity contribution in [3.63, 3.8) is 0 Å². The Bertz CT molecular complexity index is 1570. The van der Waals surface area contributed by atoms with E-state index >= 15 is 0 Å². The summed E-state index contributed by atoms with van der Waals surface area (Å²) in [4.78, 5) is 48.0. The number of pyridine rings is 1. The molecule has 4 amide bonds. The third kappa shape index (κ3) is 4.96. The molecule has 11 heteroatoms. The van der Waals surface area contributed by atoms with E-state index in [1.54, 1.807) is 29.1 Å². The van der Waals surface area contributed by atoms with E-state index in [4.69, 9.17) is 4.74 Å². The minimum atomic E-state index is -0.370. The van der Waals surface area contributed by atoms with Gasteiger partial charge in [0.1, 0.15) is 21.2 Å². The van der Waals surface area contributed by atoms with E-state index in [0.29, 0.717) is 45.6 Å². The van der Waals surface area contributed by atoms with Gasteiger partial charge in [-0.3, -0.25) is 14.5 Å². The zero-order chi connectivity index (χ0) is 27.6. The molecular weight excluding hydrogens is 528 g/mol. The highest BCUT2D eigenvalue weighted by atomic mass is 32.1. The normalized spacial score (nSPS) is 16.5. The Morgan fingerprint density at radius 2 is 1.88 bits per heavy atom. The minimum absolute atomic E-state index is 0.0132. The number of thiophene rings is 1. The van der Waals surface area contributed by atoms with Crippen molar-refractivity contribution >= 4 is 56.5 Å². The Morgan fingerprint density at radius 3 is 2.65 bits per heavy atom. The number of rotatable bonds is 7. The number of para-hydroxylation sites is 1. The van der Waals surface area contributed by atoms with E-state index in [9.17, 15) is 14.4 Å². The SMILES string of the molecule is CNCC(=O)N1CCCC(NC(=O)c2sc3nccc4c3c2NC(=O)N4c2ccc(Oc3ccccc3)cc2)C1. The van der Waals surface area contributed by atoms with Crippen LogP contribution in [0.4, 0.5) is 21.9 Å². The number of hydrogen-bond donors (Lipinski definition) is 3. The van der Waals surface area contributed by atoms with Gasteiger partial charge in [-0.25, -0.2) is 9.78 Å². The number of likely N-dealkylation sites (tertiary alicyclic amines) is 1. The number of amides is 4. The maximum Gasteiger partial charge on any atom is 0.331 e. The molecule has 40 heavy (non-hydrogen) atoms. The van der Waals surface area contributed by atoms with Crippen molar-refractivity contribution < 1.29 is 19.1 Å². The largest absolute Gasteiger partial charge is 0.457 e. The third-order valence-electron chi connectivity index (χ3n) is 6.96. The lowest BCUT2D eigenvalue weighted by Crippen LogP contribution is -2.51. The van der Waals surface area contributed by atoms with Gasteiger partial charge in [0.2, 0.25) is 5.91 Å². The van der Waals surface area contributed by atoms with Crippen molar-refractivity contribution in [1.82, 2.24) is 20.5 Å². The molecule has 2 aromatic carbocycles. The van der Waals surface area contributed by atoms with Crippen molar-refractivity contribution in [3.8, 4) is 11.5 Å². The molecule has 0 bridgehead atoms. The van der Waals surface area contributed by atoms with E-state index in [0.717, 1.165) is 24.0 Å². The predicted molar refractivity (Wildman–Crippen MR) is 155 cm³/mol. The lowest BCUT2D eigenvalue weighted by molar-refractivity contribution is -0.131. The van der Waals surface area contributed by atoms with Crippen LogP contribution < -0.4 is 25.6 Å². The van der Waals surface area contributed by atoms with Crippen LogP contribution in [0.15, 0.2) is 66.9 Å². The van der Waals surface area contributed by atoms with Crippen LogP contribution in [-0.4, -0.2) is 60.5 Å². The second kappa shape index (κ2) is 10.9. The molecule has 4 aromatic rings. The number of benzene rings is 2. The van der Waals surface area contributed by atoms with Crippen LogP contribution in [0.5, 0.6) is 11.5 Å². The molecule has 10 nitrogen and oxygen atoms in total. The van der Waals surface area contributed by atoms with E-state index in [1.165, 1.54) is 11.3 Å². The van der Waals surface area contributed by atoms with Crippen LogP contribution in [0, 0.1) is 0 Å². The number of hydrogen-bond acceptors (Lipinski definition) is 7. The van der Waals surface area contributed by atoms with Crippen LogP contribution in [-0.2, 0) is 4.79 Å². The van der Waals surface area contributed by atoms with Gasteiger partial charge in [0.05, 0.1) is 29.0 Å². The number of likely N-dealkylation sites (N-methyl/N-ethyl adjacent to an activating group) is 1. The molecule has 0 radical (unpaired) electrons. The van der Waals surface area contributed by atoms with E-state index in [2.05, 4.69) is 20.9 Å². The summed E-state index contributed by atoms with van der Waals surface area (Å²) in [6, 6.07) is 18.0. The number of carbonyl (C=O) groups is 3. The summed E-state index contributed by atoms with van der Waals surface area (Å²) in [5, 5.41) is 9.61. The molecule has 2 aromatic heterocycles. The second-order valence-electron chi connectivity index (χ2n) is 9.67.